The SMILES string of the molecule is CC(=O)CNC(=O)c1ccc(O)cc1F. The van der Waals surface area contributed by atoms with E-state index < -0.39 is 11.7 Å². The fourth-order valence-corrected chi connectivity index (χ4v) is 0.988. The van der Waals surface area contributed by atoms with E-state index in [4.69, 9.17) is 5.11 Å². The Kier molecular flexibility index (Phi) is 3.38. The number of halogens is 1. The van der Waals surface area contributed by atoms with Crippen LogP contribution in [0.25, 0.3) is 0 Å². The molecule has 15 heavy (non-hydrogen) atoms. The van der Waals surface area contributed by atoms with Crippen LogP contribution in [0.15, 0.2) is 18.2 Å². The number of benzene rings is 1. The monoisotopic (exact) mass is 211 g/mol. The summed E-state index contributed by atoms with van der Waals surface area (Å²) in [7, 11) is 0. The Morgan fingerprint density at radius 3 is 2.67 bits per heavy atom. The van der Waals surface area contributed by atoms with Crippen LogP contribution in [0.2, 0.25) is 0 Å². The Labute approximate surface area is 85.7 Å². The summed E-state index contributed by atoms with van der Waals surface area (Å²) in [4.78, 5) is 21.9. The maximum absolute atomic E-state index is 13.1. The van der Waals surface area contributed by atoms with Crippen LogP contribution >= 0.6 is 0 Å². The summed E-state index contributed by atoms with van der Waals surface area (Å²) in [5.74, 6) is -1.98. The molecule has 0 unspecified atom stereocenters. The van der Waals surface area contributed by atoms with E-state index in [1.54, 1.807) is 0 Å². The molecule has 0 radical (unpaired) electrons. The van der Waals surface area contributed by atoms with Crippen molar-refractivity contribution in [3.8, 4) is 5.75 Å². The van der Waals surface area contributed by atoms with E-state index in [0.717, 1.165) is 12.1 Å². The molecule has 1 amide bonds. The Hall–Kier alpha value is -1.91. The van der Waals surface area contributed by atoms with Crippen molar-refractivity contribution in [2.45, 2.75) is 6.92 Å². The first-order valence-electron chi connectivity index (χ1n) is 4.27. The summed E-state index contributed by atoms with van der Waals surface area (Å²) in [6, 6.07) is 3.19. The quantitative estimate of drug-likeness (QED) is 0.778. The van der Waals surface area contributed by atoms with Gasteiger partial charge < -0.3 is 10.4 Å². The van der Waals surface area contributed by atoms with E-state index in [1.165, 1.54) is 13.0 Å². The van der Waals surface area contributed by atoms with Gasteiger partial charge in [-0.05, 0) is 19.1 Å². The molecule has 0 atom stereocenters. The van der Waals surface area contributed by atoms with Gasteiger partial charge in [-0.3, -0.25) is 9.59 Å². The molecule has 1 aromatic rings. The van der Waals surface area contributed by atoms with Gasteiger partial charge in [0.05, 0.1) is 12.1 Å². The molecule has 0 aliphatic rings. The Bertz CT molecular complexity index is 404. The largest absolute Gasteiger partial charge is 0.508 e. The average Bonchev–Trinajstić information content (AvgIpc) is 2.14. The van der Waals surface area contributed by atoms with Crippen molar-refractivity contribution in [3.05, 3.63) is 29.6 Å². The Morgan fingerprint density at radius 1 is 1.47 bits per heavy atom. The number of carbonyl (C=O) groups excluding carboxylic acids is 2. The van der Waals surface area contributed by atoms with E-state index in [2.05, 4.69) is 5.32 Å². The number of phenols is 1. The topological polar surface area (TPSA) is 66.4 Å². The molecule has 0 aliphatic carbocycles. The summed E-state index contributed by atoms with van der Waals surface area (Å²) in [6.07, 6.45) is 0. The van der Waals surface area contributed by atoms with Crippen molar-refractivity contribution in [2.24, 2.45) is 0 Å². The number of rotatable bonds is 3. The predicted molar refractivity (Wildman–Crippen MR) is 51.1 cm³/mol. The lowest BCUT2D eigenvalue weighted by Gasteiger charge is -2.04. The highest BCUT2D eigenvalue weighted by atomic mass is 19.1. The van der Waals surface area contributed by atoms with Crippen LogP contribution in [0, 0.1) is 5.82 Å². The summed E-state index contributed by atoms with van der Waals surface area (Å²) in [6.45, 7) is 1.17. The van der Waals surface area contributed by atoms with E-state index in [-0.39, 0.29) is 23.6 Å². The molecule has 0 heterocycles. The zero-order valence-corrected chi connectivity index (χ0v) is 8.08. The molecule has 1 rings (SSSR count). The van der Waals surface area contributed by atoms with Crippen molar-refractivity contribution in [2.75, 3.05) is 6.54 Å². The molecular formula is C10H10FNO3. The van der Waals surface area contributed by atoms with Crippen LogP contribution < -0.4 is 5.32 Å². The lowest BCUT2D eigenvalue weighted by molar-refractivity contribution is -0.116. The van der Waals surface area contributed by atoms with Crippen LogP contribution in [-0.4, -0.2) is 23.3 Å². The second-order valence-electron chi connectivity index (χ2n) is 3.05. The minimum Gasteiger partial charge on any atom is -0.508 e. The van der Waals surface area contributed by atoms with E-state index >= 15 is 0 Å². The minimum absolute atomic E-state index is 0.140. The summed E-state index contributed by atoms with van der Waals surface area (Å²) in [5.41, 5.74) is -0.200. The summed E-state index contributed by atoms with van der Waals surface area (Å²) < 4.78 is 13.1. The van der Waals surface area contributed by atoms with Gasteiger partial charge in [-0.1, -0.05) is 0 Å². The molecule has 80 valence electrons. The Morgan fingerprint density at radius 2 is 2.13 bits per heavy atom. The third kappa shape index (κ3) is 3.05. The fourth-order valence-electron chi connectivity index (χ4n) is 0.988. The summed E-state index contributed by atoms with van der Waals surface area (Å²) >= 11 is 0. The molecule has 0 aliphatic heterocycles. The van der Waals surface area contributed by atoms with Gasteiger partial charge in [0.25, 0.3) is 5.91 Å². The lowest BCUT2D eigenvalue weighted by atomic mass is 10.2. The van der Waals surface area contributed by atoms with E-state index in [9.17, 15) is 14.0 Å². The molecule has 0 fully saturated rings. The normalized spacial score (nSPS) is 9.73. The molecule has 5 heteroatoms. The van der Waals surface area contributed by atoms with Crippen molar-refractivity contribution >= 4 is 11.7 Å². The molecule has 0 bridgehead atoms. The van der Waals surface area contributed by atoms with Gasteiger partial charge in [0, 0.05) is 6.07 Å². The van der Waals surface area contributed by atoms with Crippen LogP contribution in [0.1, 0.15) is 17.3 Å². The first-order chi connectivity index (χ1) is 7.00. The van der Waals surface area contributed by atoms with Gasteiger partial charge in [0.2, 0.25) is 0 Å². The number of hydrogen-bond acceptors (Lipinski definition) is 3. The number of carbonyl (C=O) groups is 2. The number of nitrogens with one attached hydrogen (secondary N) is 1. The number of Topliss-reactive ketones (excluding diaryl/α,β-unsaturated/α-hetero) is 1. The van der Waals surface area contributed by atoms with E-state index in [1.807, 2.05) is 0 Å². The maximum atomic E-state index is 13.1. The van der Waals surface area contributed by atoms with Crippen molar-refractivity contribution in [1.82, 2.24) is 5.32 Å². The highest BCUT2D eigenvalue weighted by molar-refractivity contribution is 5.96. The number of hydrogen-bond donors (Lipinski definition) is 2. The second-order valence-corrected chi connectivity index (χ2v) is 3.05. The van der Waals surface area contributed by atoms with Crippen LogP contribution in [0.4, 0.5) is 4.39 Å². The highest BCUT2D eigenvalue weighted by Crippen LogP contribution is 2.14. The molecule has 0 spiro atoms. The highest BCUT2D eigenvalue weighted by Gasteiger charge is 2.11. The molecule has 2 N–H and O–H groups in total. The van der Waals surface area contributed by atoms with Gasteiger partial charge in [-0.25, -0.2) is 4.39 Å². The molecule has 0 saturated carbocycles. The van der Waals surface area contributed by atoms with Crippen molar-refractivity contribution < 1.29 is 19.1 Å². The number of phenolic OH excluding ortho intramolecular Hbond substituents is 1. The molecule has 0 aromatic heterocycles. The van der Waals surface area contributed by atoms with Gasteiger partial charge in [0.15, 0.2) is 0 Å². The van der Waals surface area contributed by atoms with Gasteiger partial charge >= 0.3 is 0 Å². The molecule has 4 nitrogen and oxygen atoms in total. The average molecular weight is 211 g/mol. The van der Waals surface area contributed by atoms with Crippen molar-refractivity contribution in [1.29, 1.82) is 0 Å². The van der Waals surface area contributed by atoms with E-state index in [0.29, 0.717) is 0 Å². The zero-order chi connectivity index (χ0) is 11.4. The fraction of sp³-hybridized carbons (Fsp3) is 0.200. The van der Waals surface area contributed by atoms with Crippen LogP contribution in [0.5, 0.6) is 5.75 Å². The zero-order valence-electron chi connectivity index (χ0n) is 8.08. The summed E-state index contributed by atoms with van der Waals surface area (Å²) in [5, 5.41) is 11.2. The molecule has 0 saturated heterocycles. The van der Waals surface area contributed by atoms with Gasteiger partial charge in [0.1, 0.15) is 17.3 Å². The number of amides is 1. The molecular weight excluding hydrogens is 201 g/mol. The lowest BCUT2D eigenvalue weighted by Crippen LogP contribution is -2.28. The predicted octanol–water partition coefficient (Wildman–Crippen LogP) is 0.850. The smallest absolute Gasteiger partial charge is 0.254 e. The Balaban J connectivity index is 2.78. The first-order valence-corrected chi connectivity index (χ1v) is 4.27. The third-order valence-corrected chi connectivity index (χ3v) is 1.70. The van der Waals surface area contributed by atoms with Crippen molar-refractivity contribution in [3.63, 3.8) is 0 Å². The second kappa shape index (κ2) is 4.54. The van der Waals surface area contributed by atoms with Crippen LogP contribution in [-0.2, 0) is 4.79 Å². The third-order valence-electron chi connectivity index (χ3n) is 1.70. The standard InChI is InChI=1S/C10H10FNO3/c1-6(13)5-12-10(15)8-3-2-7(14)4-9(8)11/h2-4,14H,5H2,1H3,(H,12,15). The number of ketones is 1. The number of aromatic hydroxyl groups is 1. The molecule has 1 aromatic carbocycles. The minimum atomic E-state index is -0.823. The van der Waals surface area contributed by atoms with Gasteiger partial charge in [-0.2, -0.15) is 0 Å². The maximum Gasteiger partial charge on any atom is 0.254 e. The van der Waals surface area contributed by atoms with Crippen LogP contribution in [0.3, 0.4) is 0 Å². The first kappa shape index (κ1) is 11.2. The van der Waals surface area contributed by atoms with Gasteiger partial charge in [-0.15, -0.1) is 0 Å².